The number of carbonyl (C=O) groups is 3. The molecule has 0 atom stereocenters. The van der Waals surface area contributed by atoms with Gasteiger partial charge in [-0.15, -0.1) is 0 Å². The van der Waals surface area contributed by atoms with Crippen molar-refractivity contribution < 1.29 is 19.1 Å². The molecule has 0 saturated heterocycles. The lowest BCUT2D eigenvalue weighted by atomic mass is 10.0. The molecule has 3 rings (SSSR count). The van der Waals surface area contributed by atoms with E-state index in [1.807, 2.05) is 24.3 Å². The quantitative estimate of drug-likeness (QED) is 0.727. The van der Waals surface area contributed by atoms with Crippen LogP contribution >= 0.6 is 0 Å². The maximum atomic E-state index is 12.0. The molecule has 1 aliphatic rings. The van der Waals surface area contributed by atoms with Crippen molar-refractivity contribution >= 4 is 23.4 Å². The molecular formula is C21H19N5O4. The first-order valence-electron chi connectivity index (χ1n) is 9.13. The molecule has 9 nitrogen and oxygen atoms in total. The summed E-state index contributed by atoms with van der Waals surface area (Å²) >= 11 is 0. The van der Waals surface area contributed by atoms with Crippen LogP contribution in [0.2, 0.25) is 0 Å². The number of hydrogen-bond donors (Lipinski definition) is 2. The predicted molar refractivity (Wildman–Crippen MR) is 108 cm³/mol. The first-order chi connectivity index (χ1) is 14.5. The van der Waals surface area contributed by atoms with Gasteiger partial charge in [-0.2, -0.15) is 10.4 Å². The molecule has 1 heterocycles. The summed E-state index contributed by atoms with van der Waals surface area (Å²) < 4.78 is 5.41. The molecule has 0 aromatic heterocycles. The minimum Gasteiger partial charge on any atom is -0.484 e. The topological polar surface area (TPSA) is 124 Å². The summed E-state index contributed by atoms with van der Waals surface area (Å²) in [6.07, 6.45) is 0.408. The lowest BCUT2D eigenvalue weighted by Crippen LogP contribution is -2.48. The van der Waals surface area contributed by atoms with E-state index in [1.165, 1.54) is 7.05 Å². The average molecular weight is 405 g/mol. The van der Waals surface area contributed by atoms with E-state index >= 15 is 0 Å². The largest absolute Gasteiger partial charge is 0.484 e. The Balaban J connectivity index is 1.46. The summed E-state index contributed by atoms with van der Waals surface area (Å²) in [4.78, 5) is 35.2. The number of carbonyl (C=O) groups excluding carboxylic acids is 3. The standard InChI is InChI=1S/C21H19N5O4/c1-26-20(28)11-10-18(25-26)21(29)24-23-19(27)13-30-17-8-6-16(7-9-17)15-4-2-14(12-22)3-5-15/h2-9H,10-11,13H2,1H3,(H,23,27)(H,24,29). The van der Waals surface area contributed by atoms with Crippen molar-refractivity contribution in [2.24, 2.45) is 5.10 Å². The Hall–Kier alpha value is -4.19. The van der Waals surface area contributed by atoms with E-state index < -0.39 is 11.8 Å². The molecule has 1 aliphatic heterocycles. The van der Waals surface area contributed by atoms with Crippen molar-refractivity contribution in [2.75, 3.05) is 13.7 Å². The van der Waals surface area contributed by atoms with Gasteiger partial charge in [0.2, 0.25) is 5.91 Å². The predicted octanol–water partition coefficient (Wildman–Crippen LogP) is 1.36. The highest BCUT2D eigenvalue weighted by atomic mass is 16.5. The van der Waals surface area contributed by atoms with Gasteiger partial charge in [-0.1, -0.05) is 24.3 Å². The third-order valence-corrected chi connectivity index (χ3v) is 4.36. The first-order valence-corrected chi connectivity index (χ1v) is 9.13. The smallest absolute Gasteiger partial charge is 0.285 e. The fraction of sp³-hybridized carbons (Fsp3) is 0.190. The monoisotopic (exact) mass is 405 g/mol. The maximum Gasteiger partial charge on any atom is 0.285 e. The Kier molecular flexibility index (Phi) is 6.39. The first kappa shape index (κ1) is 20.5. The molecule has 152 valence electrons. The zero-order valence-electron chi connectivity index (χ0n) is 16.2. The Morgan fingerprint density at radius 3 is 2.30 bits per heavy atom. The maximum absolute atomic E-state index is 12.0. The number of hydrogen-bond acceptors (Lipinski definition) is 6. The van der Waals surface area contributed by atoms with Gasteiger partial charge < -0.3 is 4.74 Å². The van der Waals surface area contributed by atoms with Gasteiger partial charge in [0, 0.05) is 19.9 Å². The van der Waals surface area contributed by atoms with E-state index in [-0.39, 0.29) is 31.1 Å². The van der Waals surface area contributed by atoms with Crippen LogP contribution in [0.25, 0.3) is 11.1 Å². The third-order valence-electron chi connectivity index (χ3n) is 4.36. The molecule has 2 N–H and O–H groups in total. The summed E-state index contributed by atoms with van der Waals surface area (Å²) in [6.45, 7) is -0.290. The zero-order valence-corrected chi connectivity index (χ0v) is 16.2. The number of nitriles is 1. The molecule has 2 aromatic carbocycles. The molecule has 2 aromatic rings. The molecule has 9 heteroatoms. The van der Waals surface area contributed by atoms with Crippen LogP contribution in [0.15, 0.2) is 53.6 Å². The Bertz CT molecular complexity index is 1020. The highest BCUT2D eigenvalue weighted by Crippen LogP contribution is 2.22. The van der Waals surface area contributed by atoms with Gasteiger partial charge in [0.25, 0.3) is 11.8 Å². The van der Waals surface area contributed by atoms with Crippen molar-refractivity contribution in [3.63, 3.8) is 0 Å². The molecule has 3 amide bonds. The van der Waals surface area contributed by atoms with Crippen LogP contribution in [0.4, 0.5) is 0 Å². The second-order valence-electron chi connectivity index (χ2n) is 6.47. The van der Waals surface area contributed by atoms with Crippen molar-refractivity contribution in [3.05, 3.63) is 54.1 Å². The SMILES string of the molecule is CN1N=C(C(=O)NNC(=O)COc2ccc(-c3ccc(C#N)cc3)cc2)CCC1=O. The fourth-order valence-electron chi connectivity index (χ4n) is 2.70. The number of nitrogens with zero attached hydrogens (tertiary/aromatic N) is 3. The summed E-state index contributed by atoms with van der Waals surface area (Å²) in [5.41, 5.74) is 7.16. The molecule has 0 fully saturated rings. The van der Waals surface area contributed by atoms with Gasteiger partial charge in [-0.05, 0) is 35.4 Å². The number of amides is 3. The number of ether oxygens (including phenoxy) is 1. The summed E-state index contributed by atoms with van der Waals surface area (Å²) in [5, 5.41) is 13.8. The van der Waals surface area contributed by atoms with Gasteiger partial charge in [-0.25, -0.2) is 5.01 Å². The van der Waals surface area contributed by atoms with Crippen LogP contribution in [-0.4, -0.2) is 42.1 Å². The number of hydrazine groups is 1. The van der Waals surface area contributed by atoms with E-state index in [2.05, 4.69) is 22.0 Å². The lowest BCUT2D eigenvalue weighted by molar-refractivity contribution is -0.131. The Morgan fingerprint density at radius 1 is 1.07 bits per heavy atom. The van der Waals surface area contributed by atoms with Crippen molar-refractivity contribution in [3.8, 4) is 22.9 Å². The van der Waals surface area contributed by atoms with Crippen molar-refractivity contribution in [1.29, 1.82) is 5.26 Å². The summed E-state index contributed by atoms with van der Waals surface area (Å²) in [6, 6.07) is 16.4. The van der Waals surface area contributed by atoms with Gasteiger partial charge in [-0.3, -0.25) is 25.2 Å². The van der Waals surface area contributed by atoms with Gasteiger partial charge in [0.05, 0.1) is 11.6 Å². The van der Waals surface area contributed by atoms with Crippen LogP contribution < -0.4 is 15.6 Å². The molecule has 0 spiro atoms. The fourth-order valence-corrected chi connectivity index (χ4v) is 2.70. The van der Waals surface area contributed by atoms with Gasteiger partial charge >= 0.3 is 0 Å². The zero-order chi connectivity index (χ0) is 21.5. The van der Waals surface area contributed by atoms with Crippen LogP contribution in [0.1, 0.15) is 18.4 Å². The van der Waals surface area contributed by atoms with Crippen LogP contribution in [0.5, 0.6) is 5.75 Å². The Morgan fingerprint density at radius 2 is 1.70 bits per heavy atom. The van der Waals surface area contributed by atoms with Crippen molar-refractivity contribution in [1.82, 2.24) is 15.9 Å². The van der Waals surface area contributed by atoms with E-state index in [9.17, 15) is 14.4 Å². The molecule has 30 heavy (non-hydrogen) atoms. The molecule has 0 saturated carbocycles. The molecule has 0 unspecified atom stereocenters. The molecular weight excluding hydrogens is 386 g/mol. The number of hydrazone groups is 1. The minimum atomic E-state index is -0.575. The summed E-state index contributed by atoms with van der Waals surface area (Å²) in [7, 11) is 1.47. The van der Waals surface area contributed by atoms with Crippen LogP contribution in [0, 0.1) is 11.3 Å². The Labute approximate surface area is 172 Å². The highest BCUT2D eigenvalue weighted by molar-refractivity contribution is 6.39. The molecule has 0 bridgehead atoms. The average Bonchev–Trinajstić information content (AvgIpc) is 2.78. The van der Waals surface area contributed by atoms with Crippen LogP contribution in [-0.2, 0) is 14.4 Å². The minimum absolute atomic E-state index is 0.164. The highest BCUT2D eigenvalue weighted by Gasteiger charge is 2.22. The van der Waals surface area contributed by atoms with Gasteiger partial charge in [0.15, 0.2) is 6.61 Å². The van der Waals surface area contributed by atoms with Gasteiger partial charge in [0.1, 0.15) is 11.5 Å². The second kappa shape index (κ2) is 9.34. The molecule has 0 radical (unpaired) electrons. The number of benzene rings is 2. The van der Waals surface area contributed by atoms with Crippen molar-refractivity contribution in [2.45, 2.75) is 12.8 Å². The lowest BCUT2D eigenvalue weighted by Gasteiger charge is -2.19. The van der Waals surface area contributed by atoms with E-state index in [4.69, 9.17) is 10.00 Å². The van der Waals surface area contributed by atoms with Crippen LogP contribution in [0.3, 0.4) is 0 Å². The third kappa shape index (κ3) is 5.20. The molecule has 0 aliphatic carbocycles. The number of rotatable bonds is 5. The summed E-state index contributed by atoms with van der Waals surface area (Å²) in [5.74, 6) is -0.797. The normalized spacial score (nSPS) is 13.1. The van der Waals surface area contributed by atoms with E-state index in [0.717, 1.165) is 16.1 Å². The second-order valence-corrected chi connectivity index (χ2v) is 6.47. The van der Waals surface area contributed by atoms with E-state index in [0.29, 0.717) is 11.3 Å². The van der Waals surface area contributed by atoms with E-state index in [1.54, 1.807) is 24.3 Å². The number of nitrogens with one attached hydrogen (secondary N) is 2.